The lowest BCUT2D eigenvalue weighted by Crippen LogP contribution is -2.21. The Morgan fingerprint density at radius 1 is 0.917 bits per heavy atom. The second-order valence-electron chi connectivity index (χ2n) is 6.29. The van der Waals surface area contributed by atoms with Gasteiger partial charge in [-0.05, 0) is 29.6 Å². The molecule has 0 N–H and O–H groups in total. The molecule has 0 saturated carbocycles. The zero-order valence-electron chi connectivity index (χ0n) is 9.91. The number of rotatable bonds is 3. The van der Waals surface area contributed by atoms with Crippen molar-refractivity contribution in [2.75, 3.05) is 0 Å². The summed E-state index contributed by atoms with van der Waals surface area (Å²) >= 11 is 0. The van der Waals surface area contributed by atoms with Crippen LogP contribution in [0.5, 0.6) is 0 Å². The second kappa shape index (κ2) is 3.81. The van der Waals surface area contributed by atoms with Crippen molar-refractivity contribution in [1.82, 2.24) is 0 Å². The zero-order chi connectivity index (χ0) is 9.99. The minimum Gasteiger partial charge on any atom is -0.0602 e. The predicted octanol–water partition coefficient (Wildman–Crippen LogP) is 4.45. The van der Waals surface area contributed by atoms with Crippen molar-refractivity contribution < 1.29 is 0 Å². The van der Waals surface area contributed by atoms with Gasteiger partial charge in [0.15, 0.2) is 0 Å². The van der Waals surface area contributed by atoms with Gasteiger partial charge < -0.3 is 0 Å². The Morgan fingerprint density at radius 3 is 1.58 bits per heavy atom. The number of hydrogen-bond acceptors (Lipinski definition) is 0. The predicted molar refractivity (Wildman–Crippen MR) is 57.1 cm³/mol. The molecule has 0 heteroatoms. The Morgan fingerprint density at radius 2 is 1.33 bits per heavy atom. The van der Waals surface area contributed by atoms with Crippen LogP contribution in [-0.2, 0) is 0 Å². The van der Waals surface area contributed by atoms with Gasteiger partial charge in [-0.1, -0.05) is 48.5 Å². The standard InChI is InChI=1S/C12H25/c1-10(2)8-12(6,7)9-11(3,4)5/h8-9H2,1-7H3. The molecule has 1 radical (unpaired) electrons. The summed E-state index contributed by atoms with van der Waals surface area (Å²) in [6.07, 6.45) is 2.55. The van der Waals surface area contributed by atoms with E-state index in [1.54, 1.807) is 5.92 Å². The van der Waals surface area contributed by atoms with E-state index in [-0.39, 0.29) is 0 Å². The van der Waals surface area contributed by atoms with E-state index >= 15 is 0 Å². The van der Waals surface area contributed by atoms with Gasteiger partial charge in [-0.2, -0.15) is 0 Å². The maximum Gasteiger partial charge on any atom is -0.0298 e. The molecule has 0 aliphatic carbocycles. The minimum atomic E-state index is 0.457. The Kier molecular flexibility index (Phi) is 3.81. The summed E-state index contributed by atoms with van der Waals surface area (Å²) in [6.45, 7) is 16.1. The van der Waals surface area contributed by atoms with Crippen molar-refractivity contribution in [3.05, 3.63) is 5.92 Å². The molecule has 0 atom stereocenters. The minimum absolute atomic E-state index is 0.457. The topological polar surface area (TPSA) is 0 Å². The molecule has 0 unspecified atom stereocenters. The Hall–Kier alpha value is 0. The summed E-state index contributed by atoms with van der Waals surface area (Å²) in [4.78, 5) is 0. The maximum absolute atomic E-state index is 2.37. The first kappa shape index (κ1) is 12.0. The lowest BCUT2D eigenvalue weighted by atomic mass is 9.72. The molecule has 0 amide bonds. The van der Waals surface area contributed by atoms with Crippen LogP contribution in [0.2, 0.25) is 0 Å². The van der Waals surface area contributed by atoms with Crippen LogP contribution in [-0.4, -0.2) is 0 Å². The highest BCUT2D eigenvalue weighted by Gasteiger charge is 2.25. The van der Waals surface area contributed by atoms with Crippen molar-refractivity contribution >= 4 is 0 Å². The molecule has 73 valence electrons. The normalized spacial score (nSPS) is 14.0. The monoisotopic (exact) mass is 169 g/mol. The van der Waals surface area contributed by atoms with Crippen LogP contribution < -0.4 is 0 Å². The SMILES string of the molecule is C[C](C)CC(C)(C)CC(C)(C)C. The first-order valence-corrected chi connectivity index (χ1v) is 4.91. The van der Waals surface area contributed by atoms with Gasteiger partial charge in [0.25, 0.3) is 0 Å². The van der Waals surface area contributed by atoms with Crippen LogP contribution in [0, 0.1) is 16.7 Å². The third-order valence-electron chi connectivity index (χ3n) is 1.84. The number of hydrogen-bond donors (Lipinski definition) is 0. The van der Waals surface area contributed by atoms with Crippen LogP contribution in [0.3, 0.4) is 0 Å². The van der Waals surface area contributed by atoms with E-state index < -0.39 is 0 Å². The summed E-state index contributed by atoms with van der Waals surface area (Å²) in [5, 5.41) is 0. The van der Waals surface area contributed by atoms with Gasteiger partial charge in [-0.3, -0.25) is 0 Å². The molecule has 0 aromatic rings. The van der Waals surface area contributed by atoms with Crippen LogP contribution in [0.15, 0.2) is 0 Å². The first-order chi connectivity index (χ1) is 5.12. The fourth-order valence-corrected chi connectivity index (χ4v) is 2.46. The fraction of sp³-hybridized carbons (Fsp3) is 0.917. The van der Waals surface area contributed by atoms with E-state index in [9.17, 15) is 0 Å². The molecule has 0 rings (SSSR count). The molecule has 0 aromatic carbocycles. The molecule has 0 saturated heterocycles. The molecule has 0 fully saturated rings. The lowest BCUT2D eigenvalue weighted by molar-refractivity contribution is 0.204. The fourth-order valence-electron chi connectivity index (χ4n) is 2.46. The molecule has 0 aliphatic heterocycles. The summed E-state index contributed by atoms with van der Waals surface area (Å²) in [5.41, 5.74) is 0.927. The van der Waals surface area contributed by atoms with E-state index in [1.807, 2.05) is 0 Å². The van der Waals surface area contributed by atoms with E-state index in [1.165, 1.54) is 12.8 Å². The average Bonchev–Trinajstić information content (AvgIpc) is 1.48. The highest BCUT2D eigenvalue weighted by atomic mass is 14.3. The van der Waals surface area contributed by atoms with Gasteiger partial charge in [0.2, 0.25) is 0 Å². The average molecular weight is 169 g/mol. The molecular weight excluding hydrogens is 144 g/mol. The highest BCUT2D eigenvalue weighted by molar-refractivity contribution is 4.87. The lowest BCUT2D eigenvalue weighted by Gasteiger charge is -2.33. The second-order valence-corrected chi connectivity index (χ2v) is 6.29. The van der Waals surface area contributed by atoms with E-state index in [2.05, 4.69) is 48.5 Å². The third-order valence-corrected chi connectivity index (χ3v) is 1.84. The molecular formula is C12H25. The first-order valence-electron chi connectivity index (χ1n) is 4.91. The Balaban J connectivity index is 4.04. The van der Waals surface area contributed by atoms with Gasteiger partial charge in [0.1, 0.15) is 0 Å². The van der Waals surface area contributed by atoms with E-state index in [4.69, 9.17) is 0 Å². The van der Waals surface area contributed by atoms with Crippen molar-refractivity contribution in [2.24, 2.45) is 10.8 Å². The van der Waals surface area contributed by atoms with Gasteiger partial charge in [0, 0.05) is 0 Å². The van der Waals surface area contributed by atoms with Crippen molar-refractivity contribution in [1.29, 1.82) is 0 Å². The Labute approximate surface area is 78.8 Å². The molecule has 0 nitrogen and oxygen atoms in total. The molecule has 0 heterocycles. The molecule has 0 bridgehead atoms. The van der Waals surface area contributed by atoms with E-state index in [0.29, 0.717) is 10.8 Å². The van der Waals surface area contributed by atoms with Crippen molar-refractivity contribution in [3.8, 4) is 0 Å². The smallest absolute Gasteiger partial charge is 0.0298 e. The van der Waals surface area contributed by atoms with E-state index in [0.717, 1.165) is 0 Å². The maximum atomic E-state index is 2.37. The van der Waals surface area contributed by atoms with Gasteiger partial charge >= 0.3 is 0 Å². The molecule has 0 aromatic heterocycles. The molecule has 12 heavy (non-hydrogen) atoms. The van der Waals surface area contributed by atoms with Crippen LogP contribution in [0.1, 0.15) is 61.3 Å². The van der Waals surface area contributed by atoms with Crippen molar-refractivity contribution in [3.63, 3.8) is 0 Å². The summed E-state index contributed by atoms with van der Waals surface area (Å²) < 4.78 is 0. The molecule has 0 spiro atoms. The van der Waals surface area contributed by atoms with Gasteiger partial charge in [-0.15, -0.1) is 0 Å². The Bertz CT molecular complexity index is 123. The molecule has 0 aliphatic rings. The highest BCUT2D eigenvalue weighted by Crippen LogP contribution is 2.37. The summed E-state index contributed by atoms with van der Waals surface area (Å²) in [7, 11) is 0. The van der Waals surface area contributed by atoms with Crippen LogP contribution in [0.25, 0.3) is 0 Å². The van der Waals surface area contributed by atoms with Crippen LogP contribution >= 0.6 is 0 Å². The largest absolute Gasteiger partial charge is 0.0602 e. The van der Waals surface area contributed by atoms with Gasteiger partial charge in [0.05, 0.1) is 0 Å². The summed E-state index contributed by atoms with van der Waals surface area (Å²) in [6, 6.07) is 0. The van der Waals surface area contributed by atoms with Crippen molar-refractivity contribution in [2.45, 2.75) is 61.3 Å². The zero-order valence-corrected chi connectivity index (χ0v) is 9.91. The summed E-state index contributed by atoms with van der Waals surface area (Å²) in [5.74, 6) is 1.55. The van der Waals surface area contributed by atoms with Crippen LogP contribution in [0.4, 0.5) is 0 Å². The third kappa shape index (κ3) is 6.69. The quantitative estimate of drug-likeness (QED) is 0.585. The van der Waals surface area contributed by atoms with Gasteiger partial charge in [-0.25, -0.2) is 0 Å².